The van der Waals surface area contributed by atoms with Crippen molar-refractivity contribution in [2.24, 2.45) is 0 Å². The van der Waals surface area contributed by atoms with Crippen LogP contribution >= 0.6 is 11.6 Å². The van der Waals surface area contributed by atoms with Crippen molar-refractivity contribution in [2.45, 2.75) is 38.5 Å². The number of benzene rings is 3. The van der Waals surface area contributed by atoms with Gasteiger partial charge in [-0.15, -0.1) is 0 Å². The topological polar surface area (TPSA) is 61.9 Å². The van der Waals surface area contributed by atoms with Crippen molar-refractivity contribution in [3.63, 3.8) is 0 Å². The Labute approximate surface area is 215 Å². The lowest BCUT2D eigenvalue weighted by molar-refractivity contribution is 0.0593. The van der Waals surface area contributed by atoms with E-state index in [1.54, 1.807) is 11.0 Å². The van der Waals surface area contributed by atoms with Crippen LogP contribution in [0.2, 0.25) is 5.02 Å². The summed E-state index contributed by atoms with van der Waals surface area (Å²) in [4.78, 5) is 29.9. The van der Waals surface area contributed by atoms with E-state index in [-0.39, 0.29) is 17.9 Å². The van der Waals surface area contributed by atoms with Crippen molar-refractivity contribution < 1.29 is 14.3 Å². The zero-order chi connectivity index (χ0) is 24.6. The first kappa shape index (κ1) is 23.1. The lowest BCUT2D eigenvalue weighted by Crippen LogP contribution is -2.42. The second-order valence-corrected chi connectivity index (χ2v) is 10.1. The van der Waals surface area contributed by atoms with Gasteiger partial charge < -0.3 is 19.9 Å². The average molecular weight is 502 g/mol. The average Bonchev–Trinajstić information content (AvgIpc) is 3.26. The molecule has 6 rings (SSSR count). The zero-order valence-electron chi connectivity index (χ0n) is 20.0. The molecule has 0 bridgehead atoms. The first-order valence-corrected chi connectivity index (χ1v) is 12.9. The summed E-state index contributed by atoms with van der Waals surface area (Å²) in [5.41, 5.74) is 5.38. The predicted octanol–water partition coefficient (Wildman–Crippen LogP) is 4.83. The Bertz CT molecular complexity index is 1330. The van der Waals surface area contributed by atoms with Crippen molar-refractivity contribution in [3.8, 4) is 5.75 Å². The molecule has 184 valence electrons. The summed E-state index contributed by atoms with van der Waals surface area (Å²) in [6.45, 7) is 3.61. The number of piperidine rings is 1. The molecule has 1 fully saturated rings. The molecule has 0 unspecified atom stereocenters. The molecule has 0 spiro atoms. The third-order valence-corrected chi connectivity index (χ3v) is 7.73. The van der Waals surface area contributed by atoms with Gasteiger partial charge in [-0.1, -0.05) is 41.9 Å². The number of ether oxygens (including phenoxy) is 1. The lowest BCUT2D eigenvalue weighted by Gasteiger charge is -2.33. The Kier molecular flexibility index (Phi) is 6.15. The van der Waals surface area contributed by atoms with Crippen LogP contribution in [-0.2, 0) is 19.5 Å². The second-order valence-electron chi connectivity index (χ2n) is 9.65. The SMILES string of the molecule is O=C(c1cccc(N2Cc3cccc(Cl)c3C2=O)c1)N1CCC(Oc2cccc3c2CCNC3)CC1. The van der Waals surface area contributed by atoms with Gasteiger partial charge >= 0.3 is 0 Å². The number of fused-ring (bicyclic) bond motifs is 2. The Balaban J connectivity index is 1.11. The molecule has 0 radical (unpaired) electrons. The molecule has 6 nitrogen and oxygen atoms in total. The van der Waals surface area contributed by atoms with E-state index in [9.17, 15) is 9.59 Å². The van der Waals surface area contributed by atoms with Gasteiger partial charge in [-0.25, -0.2) is 0 Å². The van der Waals surface area contributed by atoms with Gasteiger partial charge in [-0.3, -0.25) is 9.59 Å². The molecule has 0 aliphatic carbocycles. The summed E-state index contributed by atoms with van der Waals surface area (Å²) >= 11 is 6.28. The summed E-state index contributed by atoms with van der Waals surface area (Å²) < 4.78 is 6.41. The number of hydrogen-bond acceptors (Lipinski definition) is 4. The number of carbonyl (C=O) groups is 2. The minimum Gasteiger partial charge on any atom is -0.490 e. The molecule has 3 aromatic rings. The fraction of sp³-hybridized carbons (Fsp3) is 0.310. The van der Waals surface area contributed by atoms with Gasteiger partial charge in [-0.2, -0.15) is 0 Å². The maximum absolute atomic E-state index is 13.3. The molecule has 1 saturated heterocycles. The molecular weight excluding hydrogens is 474 g/mol. The van der Waals surface area contributed by atoms with Crippen LogP contribution in [0.4, 0.5) is 5.69 Å². The summed E-state index contributed by atoms with van der Waals surface area (Å²) in [6, 6.07) is 19.1. The summed E-state index contributed by atoms with van der Waals surface area (Å²) in [5.74, 6) is 0.848. The van der Waals surface area contributed by atoms with Crippen LogP contribution in [0.15, 0.2) is 60.7 Å². The van der Waals surface area contributed by atoms with Crippen molar-refractivity contribution in [3.05, 3.63) is 93.5 Å². The number of likely N-dealkylation sites (tertiary alicyclic amines) is 1. The standard InChI is InChI=1S/C29H28ClN3O3/c30-25-8-2-6-21-18-33(29(35)27(21)25)22-7-1-4-19(16-22)28(34)32-14-11-23(12-15-32)36-26-9-3-5-20-17-31-13-10-24(20)26/h1-9,16,23,31H,10-15,17-18H2. The van der Waals surface area contributed by atoms with E-state index in [4.69, 9.17) is 16.3 Å². The molecule has 0 saturated carbocycles. The fourth-order valence-corrected chi connectivity index (χ4v) is 5.75. The summed E-state index contributed by atoms with van der Waals surface area (Å²) in [6.07, 6.45) is 2.68. The van der Waals surface area contributed by atoms with Crippen molar-refractivity contribution in [1.82, 2.24) is 10.2 Å². The predicted molar refractivity (Wildman–Crippen MR) is 140 cm³/mol. The number of hydrogen-bond donors (Lipinski definition) is 1. The van der Waals surface area contributed by atoms with Crippen LogP contribution in [-0.4, -0.2) is 42.5 Å². The minimum absolute atomic E-state index is 0.0133. The molecule has 7 heteroatoms. The van der Waals surface area contributed by atoms with E-state index in [2.05, 4.69) is 23.5 Å². The van der Waals surface area contributed by atoms with Gasteiger partial charge in [0.15, 0.2) is 0 Å². The number of nitrogens with zero attached hydrogens (tertiary/aromatic N) is 2. The Morgan fingerprint density at radius 1 is 1.00 bits per heavy atom. The van der Waals surface area contributed by atoms with E-state index < -0.39 is 0 Å². The molecule has 0 atom stereocenters. The van der Waals surface area contributed by atoms with E-state index in [0.717, 1.165) is 43.7 Å². The number of nitrogens with one attached hydrogen (secondary N) is 1. The zero-order valence-corrected chi connectivity index (χ0v) is 20.8. The molecule has 0 aromatic heterocycles. The largest absolute Gasteiger partial charge is 0.490 e. The van der Waals surface area contributed by atoms with Gasteiger partial charge in [0.25, 0.3) is 11.8 Å². The van der Waals surface area contributed by atoms with Crippen molar-refractivity contribution in [2.75, 3.05) is 24.5 Å². The molecule has 3 aliphatic heterocycles. The first-order chi connectivity index (χ1) is 17.6. The van der Waals surface area contributed by atoms with Crippen molar-refractivity contribution in [1.29, 1.82) is 0 Å². The third kappa shape index (κ3) is 4.25. The number of carbonyl (C=O) groups excluding carboxylic acids is 2. The van der Waals surface area contributed by atoms with E-state index in [0.29, 0.717) is 41.5 Å². The highest BCUT2D eigenvalue weighted by atomic mass is 35.5. The van der Waals surface area contributed by atoms with Gasteiger partial charge in [0.2, 0.25) is 0 Å². The molecular formula is C29H28ClN3O3. The maximum Gasteiger partial charge on any atom is 0.260 e. The van der Waals surface area contributed by atoms with Crippen LogP contribution in [0.3, 0.4) is 0 Å². The number of halogens is 1. The quantitative estimate of drug-likeness (QED) is 0.556. The normalized spacial score (nSPS) is 17.6. The molecule has 3 aliphatic rings. The van der Waals surface area contributed by atoms with Crippen LogP contribution < -0.4 is 15.0 Å². The van der Waals surface area contributed by atoms with E-state index >= 15 is 0 Å². The summed E-state index contributed by atoms with van der Waals surface area (Å²) in [5, 5.41) is 3.87. The van der Waals surface area contributed by atoms with Gasteiger partial charge in [-0.05, 0) is 60.0 Å². The molecule has 36 heavy (non-hydrogen) atoms. The number of amides is 2. The van der Waals surface area contributed by atoms with Gasteiger partial charge in [0.1, 0.15) is 11.9 Å². The van der Waals surface area contributed by atoms with Crippen molar-refractivity contribution >= 4 is 29.1 Å². The van der Waals surface area contributed by atoms with E-state index in [1.165, 1.54) is 11.1 Å². The Hall–Kier alpha value is -3.35. The maximum atomic E-state index is 13.3. The number of anilines is 1. The first-order valence-electron chi connectivity index (χ1n) is 12.6. The number of rotatable bonds is 4. The van der Waals surface area contributed by atoms with Gasteiger partial charge in [0, 0.05) is 43.7 Å². The molecule has 1 N–H and O–H groups in total. The van der Waals surface area contributed by atoms with Crippen LogP contribution in [0.5, 0.6) is 5.75 Å². The van der Waals surface area contributed by atoms with E-state index in [1.807, 2.05) is 41.3 Å². The minimum atomic E-state index is -0.128. The Morgan fingerprint density at radius 3 is 2.61 bits per heavy atom. The molecule has 3 aromatic carbocycles. The molecule has 3 heterocycles. The van der Waals surface area contributed by atoms with Gasteiger partial charge in [0.05, 0.1) is 17.1 Å². The summed E-state index contributed by atoms with van der Waals surface area (Å²) in [7, 11) is 0. The highest BCUT2D eigenvalue weighted by molar-refractivity contribution is 6.35. The van der Waals surface area contributed by atoms with Crippen LogP contribution in [0.25, 0.3) is 0 Å². The highest BCUT2D eigenvalue weighted by Gasteiger charge is 2.31. The monoisotopic (exact) mass is 501 g/mol. The second kappa shape index (κ2) is 9.60. The third-order valence-electron chi connectivity index (χ3n) is 7.41. The highest BCUT2D eigenvalue weighted by Crippen LogP contribution is 2.33. The smallest absolute Gasteiger partial charge is 0.260 e. The van der Waals surface area contributed by atoms with Crippen LogP contribution in [0.1, 0.15) is 50.2 Å². The molecule has 2 amide bonds. The fourth-order valence-electron chi connectivity index (χ4n) is 5.48. The Morgan fingerprint density at radius 2 is 1.78 bits per heavy atom. The van der Waals surface area contributed by atoms with Crippen LogP contribution in [0, 0.1) is 0 Å². The lowest BCUT2D eigenvalue weighted by atomic mass is 9.99.